The van der Waals surface area contributed by atoms with Gasteiger partial charge in [-0.15, -0.1) is 0 Å². The van der Waals surface area contributed by atoms with Crippen LogP contribution in [0.2, 0.25) is 0 Å². The fourth-order valence-electron chi connectivity index (χ4n) is 3.53. The van der Waals surface area contributed by atoms with Crippen molar-refractivity contribution in [3.8, 4) is 0 Å². The molecule has 0 aromatic carbocycles. The van der Waals surface area contributed by atoms with E-state index in [1.807, 2.05) is 0 Å². The summed E-state index contributed by atoms with van der Waals surface area (Å²) in [7, 11) is 0. The summed E-state index contributed by atoms with van der Waals surface area (Å²) in [6.45, 7) is 11.4. The summed E-state index contributed by atoms with van der Waals surface area (Å²) < 4.78 is 0. The summed E-state index contributed by atoms with van der Waals surface area (Å²) in [5.41, 5.74) is 0.368. The molecule has 0 unspecified atom stereocenters. The van der Waals surface area contributed by atoms with Gasteiger partial charge in [-0.3, -0.25) is 4.90 Å². The zero-order valence-electron chi connectivity index (χ0n) is 14.0. The van der Waals surface area contributed by atoms with E-state index in [2.05, 4.69) is 31.0 Å². The first kappa shape index (κ1) is 17.9. The molecule has 0 heterocycles. The molecule has 3 nitrogen and oxygen atoms in total. The lowest BCUT2D eigenvalue weighted by molar-refractivity contribution is 0.0811. The van der Waals surface area contributed by atoms with E-state index in [1.54, 1.807) is 0 Å². The van der Waals surface area contributed by atoms with Crippen molar-refractivity contribution in [2.45, 2.75) is 71.8 Å². The van der Waals surface area contributed by atoms with Crippen LogP contribution in [0.25, 0.3) is 0 Å². The second-order valence-corrected chi connectivity index (χ2v) is 6.52. The van der Waals surface area contributed by atoms with Gasteiger partial charge in [0.15, 0.2) is 0 Å². The predicted octanol–water partition coefficient (Wildman–Crippen LogP) is 3.03. The third-order valence-electron chi connectivity index (χ3n) is 5.19. The van der Waals surface area contributed by atoms with Crippen LogP contribution in [0.1, 0.15) is 65.7 Å². The molecule has 2 N–H and O–H groups in total. The first-order chi connectivity index (χ1) is 9.71. The molecule has 20 heavy (non-hydrogen) atoms. The Morgan fingerprint density at radius 2 is 1.80 bits per heavy atom. The van der Waals surface area contributed by atoms with Crippen molar-refractivity contribution >= 4 is 0 Å². The molecule has 1 fully saturated rings. The van der Waals surface area contributed by atoms with Crippen LogP contribution in [0.15, 0.2) is 0 Å². The minimum absolute atomic E-state index is 0.294. The van der Waals surface area contributed by atoms with Crippen molar-refractivity contribution in [1.29, 1.82) is 0 Å². The van der Waals surface area contributed by atoms with Crippen molar-refractivity contribution < 1.29 is 5.11 Å². The van der Waals surface area contributed by atoms with Crippen molar-refractivity contribution in [2.75, 3.05) is 32.8 Å². The van der Waals surface area contributed by atoms with Crippen LogP contribution < -0.4 is 5.32 Å². The Hall–Kier alpha value is -0.120. The standard InChI is InChI=1S/C17H36N2O/c1-4-11-18-14-17(5-2,6-3)15-19(12-13-20)16-9-7-8-10-16/h16,18,20H,4-15H2,1-3H3. The van der Waals surface area contributed by atoms with Crippen molar-refractivity contribution in [1.82, 2.24) is 10.2 Å². The molecule has 3 heteroatoms. The van der Waals surface area contributed by atoms with E-state index >= 15 is 0 Å². The summed E-state index contributed by atoms with van der Waals surface area (Å²) >= 11 is 0. The lowest BCUT2D eigenvalue weighted by atomic mass is 9.81. The lowest BCUT2D eigenvalue weighted by Gasteiger charge is -2.40. The number of hydrogen-bond donors (Lipinski definition) is 2. The van der Waals surface area contributed by atoms with Gasteiger partial charge < -0.3 is 10.4 Å². The van der Waals surface area contributed by atoms with Gasteiger partial charge in [0.2, 0.25) is 0 Å². The van der Waals surface area contributed by atoms with E-state index in [9.17, 15) is 5.11 Å². The average Bonchev–Trinajstić information content (AvgIpc) is 3.00. The molecule has 0 saturated heterocycles. The normalized spacial score (nSPS) is 17.2. The number of hydrogen-bond acceptors (Lipinski definition) is 3. The second kappa shape index (κ2) is 9.75. The van der Waals surface area contributed by atoms with Crippen LogP contribution in [0, 0.1) is 5.41 Å². The maximum absolute atomic E-state index is 9.40. The zero-order valence-corrected chi connectivity index (χ0v) is 14.0. The van der Waals surface area contributed by atoms with Gasteiger partial charge in [-0.05, 0) is 44.1 Å². The van der Waals surface area contributed by atoms with Gasteiger partial charge >= 0.3 is 0 Å². The van der Waals surface area contributed by atoms with E-state index < -0.39 is 0 Å². The molecule has 1 aliphatic rings. The lowest BCUT2D eigenvalue weighted by Crippen LogP contribution is -2.47. The number of rotatable bonds is 11. The highest BCUT2D eigenvalue weighted by Crippen LogP contribution is 2.31. The van der Waals surface area contributed by atoms with E-state index in [0.717, 1.165) is 26.2 Å². The minimum atomic E-state index is 0.294. The molecule has 120 valence electrons. The first-order valence-corrected chi connectivity index (χ1v) is 8.77. The van der Waals surface area contributed by atoms with Crippen molar-refractivity contribution in [3.05, 3.63) is 0 Å². The van der Waals surface area contributed by atoms with Crippen LogP contribution in [0.4, 0.5) is 0 Å². The molecule has 0 spiro atoms. The van der Waals surface area contributed by atoms with Crippen LogP contribution in [0.3, 0.4) is 0 Å². The quantitative estimate of drug-likeness (QED) is 0.573. The molecule has 0 aromatic rings. The molecular formula is C17H36N2O. The van der Waals surface area contributed by atoms with E-state index in [4.69, 9.17) is 0 Å². The molecule has 1 aliphatic carbocycles. The Labute approximate surface area is 126 Å². The van der Waals surface area contributed by atoms with Gasteiger partial charge in [-0.1, -0.05) is 33.6 Å². The summed E-state index contributed by atoms with van der Waals surface area (Å²) in [5.74, 6) is 0. The van der Waals surface area contributed by atoms with Gasteiger partial charge in [-0.25, -0.2) is 0 Å². The Morgan fingerprint density at radius 3 is 2.30 bits per heavy atom. The van der Waals surface area contributed by atoms with Gasteiger partial charge in [0.1, 0.15) is 0 Å². The molecule has 0 radical (unpaired) electrons. The van der Waals surface area contributed by atoms with Gasteiger partial charge in [0.25, 0.3) is 0 Å². The topological polar surface area (TPSA) is 35.5 Å². The zero-order chi connectivity index (χ0) is 14.8. The van der Waals surface area contributed by atoms with E-state index in [-0.39, 0.29) is 0 Å². The third-order valence-corrected chi connectivity index (χ3v) is 5.19. The second-order valence-electron chi connectivity index (χ2n) is 6.52. The molecule has 0 amide bonds. The molecule has 1 saturated carbocycles. The fourth-order valence-corrected chi connectivity index (χ4v) is 3.53. The Bertz CT molecular complexity index is 235. The molecule has 0 aliphatic heterocycles. The number of aliphatic hydroxyl groups is 1. The van der Waals surface area contributed by atoms with E-state index in [1.165, 1.54) is 44.9 Å². The van der Waals surface area contributed by atoms with Gasteiger partial charge in [0.05, 0.1) is 6.61 Å². The van der Waals surface area contributed by atoms with Crippen LogP contribution >= 0.6 is 0 Å². The smallest absolute Gasteiger partial charge is 0.0558 e. The maximum atomic E-state index is 9.40. The first-order valence-electron chi connectivity index (χ1n) is 8.77. The highest BCUT2D eigenvalue weighted by atomic mass is 16.3. The van der Waals surface area contributed by atoms with Crippen molar-refractivity contribution in [2.24, 2.45) is 5.41 Å². The van der Waals surface area contributed by atoms with Crippen LogP contribution in [-0.2, 0) is 0 Å². The molecule has 0 aromatic heterocycles. The van der Waals surface area contributed by atoms with E-state index in [0.29, 0.717) is 18.1 Å². The van der Waals surface area contributed by atoms with Crippen LogP contribution in [-0.4, -0.2) is 48.8 Å². The Balaban J connectivity index is 2.62. The molecule has 1 rings (SSSR count). The fraction of sp³-hybridized carbons (Fsp3) is 1.00. The highest BCUT2D eigenvalue weighted by Gasteiger charge is 2.32. The Morgan fingerprint density at radius 1 is 1.15 bits per heavy atom. The van der Waals surface area contributed by atoms with Crippen LogP contribution in [0.5, 0.6) is 0 Å². The monoisotopic (exact) mass is 284 g/mol. The van der Waals surface area contributed by atoms with Gasteiger partial charge in [0, 0.05) is 25.7 Å². The number of aliphatic hydroxyl groups excluding tert-OH is 1. The third kappa shape index (κ3) is 5.34. The molecular weight excluding hydrogens is 248 g/mol. The summed E-state index contributed by atoms with van der Waals surface area (Å²) in [5, 5.41) is 13.0. The maximum Gasteiger partial charge on any atom is 0.0558 e. The summed E-state index contributed by atoms with van der Waals surface area (Å²) in [6, 6.07) is 0.714. The Kier molecular flexibility index (Phi) is 8.74. The summed E-state index contributed by atoms with van der Waals surface area (Å²) in [6.07, 6.45) is 9.02. The summed E-state index contributed by atoms with van der Waals surface area (Å²) in [4.78, 5) is 2.58. The molecule has 0 bridgehead atoms. The van der Waals surface area contributed by atoms with Crippen molar-refractivity contribution in [3.63, 3.8) is 0 Å². The molecule has 0 atom stereocenters. The largest absolute Gasteiger partial charge is 0.395 e. The SMILES string of the molecule is CCCNCC(CC)(CC)CN(CCO)C1CCCC1. The number of nitrogens with one attached hydrogen (secondary N) is 1. The number of nitrogens with zero attached hydrogens (tertiary/aromatic N) is 1. The predicted molar refractivity (Wildman–Crippen MR) is 87.1 cm³/mol. The highest BCUT2D eigenvalue weighted by molar-refractivity contribution is 4.87. The minimum Gasteiger partial charge on any atom is -0.395 e. The van der Waals surface area contributed by atoms with Gasteiger partial charge in [-0.2, -0.15) is 0 Å². The average molecular weight is 284 g/mol.